The first-order chi connectivity index (χ1) is 11.2. The SMILES string of the molecule is CCCCNc1c(C(=O)c2ccc(F)cc2)oc2ccccc12. The third-order valence-electron chi connectivity index (χ3n) is 3.74. The molecule has 0 saturated carbocycles. The number of benzene rings is 2. The summed E-state index contributed by atoms with van der Waals surface area (Å²) in [6.07, 6.45) is 2.06. The standard InChI is InChI=1S/C19H18FNO2/c1-2-3-12-21-17-15-6-4-5-7-16(15)23-19(17)18(22)13-8-10-14(20)11-9-13/h4-11,21H,2-3,12H2,1H3. The Bertz CT molecular complexity index is 821. The number of nitrogens with one attached hydrogen (secondary N) is 1. The molecule has 0 aliphatic heterocycles. The summed E-state index contributed by atoms with van der Waals surface area (Å²) in [5.41, 5.74) is 1.78. The lowest BCUT2D eigenvalue weighted by Gasteiger charge is -2.06. The Hall–Kier alpha value is -2.62. The second-order valence-electron chi connectivity index (χ2n) is 5.42. The largest absolute Gasteiger partial charge is 0.450 e. The molecule has 0 saturated heterocycles. The fourth-order valence-corrected chi connectivity index (χ4v) is 2.50. The van der Waals surface area contributed by atoms with Crippen molar-refractivity contribution >= 4 is 22.4 Å². The number of ketones is 1. The van der Waals surface area contributed by atoms with Crippen molar-refractivity contribution in [2.45, 2.75) is 19.8 Å². The van der Waals surface area contributed by atoms with Gasteiger partial charge in [0.25, 0.3) is 0 Å². The van der Waals surface area contributed by atoms with Crippen molar-refractivity contribution in [3.8, 4) is 0 Å². The summed E-state index contributed by atoms with van der Waals surface area (Å²) in [4.78, 5) is 12.7. The van der Waals surface area contributed by atoms with E-state index in [1.165, 1.54) is 24.3 Å². The van der Waals surface area contributed by atoms with Crippen LogP contribution in [0.15, 0.2) is 52.9 Å². The molecule has 3 rings (SSSR count). The van der Waals surface area contributed by atoms with Crippen LogP contribution >= 0.6 is 0 Å². The molecule has 3 nitrogen and oxygen atoms in total. The molecule has 0 aliphatic rings. The Morgan fingerprint density at radius 1 is 1.13 bits per heavy atom. The summed E-state index contributed by atoms with van der Waals surface area (Å²) in [5, 5.41) is 4.19. The van der Waals surface area contributed by atoms with Crippen molar-refractivity contribution in [2.24, 2.45) is 0 Å². The molecular formula is C19H18FNO2. The van der Waals surface area contributed by atoms with E-state index in [1.807, 2.05) is 24.3 Å². The van der Waals surface area contributed by atoms with Crippen LogP contribution in [-0.2, 0) is 0 Å². The normalized spacial score (nSPS) is 10.9. The van der Waals surface area contributed by atoms with Crippen LogP contribution in [0.2, 0.25) is 0 Å². The van der Waals surface area contributed by atoms with E-state index in [1.54, 1.807) is 0 Å². The number of halogens is 1. The molecule has 0 radical (unpaired) electrons. The van der Waals surface area contributed by atoms with Crippen molar-refractivity contribution in [2.75, 3.05) is 11.9 Å². The Balaban J connectivity index is 2.02. The van der Waals surface area contributed by atoms with Crippen molar-refractivity contribution in [3.05, 3.63) is 65.7 Å². The van der Waals surface area contributed by atoms with Crippen molar-refractivity contribution < 1.29 is 13.6 Å². The summed E-state index contributed by atoms with van der Waals surface area (Å²) < 4.78 is 18.8. The van der Waals surface area contributed by atoms with Crippen LogP contribution in [0.3, 0.4) is 0 Å². The maximum atomic E-state index is 13.1. The van der Waals surface area contributed by atoms with Gasteiger partial charge in [-0.15, -0.1) is 0 Å². The highest BCUT2D eigenvalue weighted by molar-refractivity contribution is 6.14. The van der Waals surface area contributed by atoms with E-state index in [4.69, 9.17) is 4.42 Å². The molecule has 0 amide bonds. The number of unbranched alkanes of at least 4 members (excludes halogenated alkanes) is 1. The van der Waals surface area contributed by atoms with Gasteiger partial charge in [0.2, 0.25) is 5.78 Å². The Kier molecular flexibility index (Phi) is 4.42. The summed E-state index contributed by atoms with van der Waals surface area (Å²) in [5.74, 6) is -0.346. The van der Waals surface area contributed by atoms with Gasteiger partial charge in [0, 0.05) is 17.5 Å². The molecule has 0 aliphatic carbocycles. The zero-order valence-electron chi connectivity index (χ0n) is 12.9. The molecule has 4 heteroatoms. The number of carbonyl (C=O) groups excluding carboxylic acids is 1. The lowest BCUT2D eigenvalue weighted by atomic mass is 10.1. The smallest absolute Gasteiger partial charge is 0.230 e. The predicted octanol–water partition coefficient (Wildman–Crippen LogP) is 5.01. The number of hydrogen-bond donors (Lipinski definition) is 1. The maximum Gasteiger partial charge on any atom is 0.230 e. The number of anilines is 1. The van der Waals surface area contributed by atoms with Gasteiger partial charge in [-0.1, -0.05) is 25.5 Å². The highest BCUT2D eigenvalue weighted by Gasteiger charge is 2.21. The monoisotopic (exact) mass is 311 g/mol. The molecule has 2 aromatic carbocycles. The maximum absolute atomic E-state index is 13.1. The summed E-state index contributed by atoms with van der Waals surface area (Å²) in [7, 11) is 0. The second kappa shape index (κ2) is 6.65. The minimum absolute atomic E-state index is 0.250. The molecule has 0 spiro atoms. The minimum atomic E-state index is -0.368. The van der Waals surface area contributed by atoms with E-state index in [9.17, 15) is 9.18 Å². The lowest BCUT2D eigenvalue weighted by molar-refractivity contribution is 0.101. The van der Waals surface area contributed by atoms with Crippen LogP contribution in [0.25, 0.3) is 11.0 Å². The third-order valence-corrected chi connectivity index (χ3v) is 3.74. The molecule has 0 fully saturated rings. The predicted molar refractivity (Wildman–Crippen MR) is 89.4 cm³/mol. The Morgan fingerprint density at radius 2 is 1.87 bits per heavy atom. The molecule has 3 aromatic rings. The highest BCUT2D eigenvalue weighted by atomic mass is 19.1. The van der Waals surface area contributed by atoms with Crippen molar-refractivity contribution in [3.63, 3.8) is 0 Å². The van der Waals surface area contributed by atoms with Crippen LogP contribution in [-0.4, -0.2) is 12.3 Å². The van der Waals surface area contributed by atoms with E-state index < -0.39 is 0 Å². The first kappa shape index (κ1) is 15.3. The zero-order valence-corrected chi connectivity index (χ0v) is 12.9. The molecule has 0 unspecified atom stereocenters. The number of fused-ring (bicyclic) bond motifs is 1. The first-order valence-corrected chi connectivity index (χ1v) is 7.76. The van der Waals surface area contributed by atoms with E-state index in [2.05, 4.69) is 12.2 Å². The number of carbonyl (C=O) groups is 1. The molecule has 0 bridgehead atoms. The van der Waals surface area contributed by atoms with E-state index in [0.29, 0.717) is 16.8 Å². The van der Waals surface area contributed by atoms with Gasteiger partial charge in [0.05, 0.1) is 5.69 Å². The average molecular weight is 311 g/mol. The van der Waals surface area contributed by atoms with Gasteiger partial charge in [-0.2, -0.15) is 0 Å². The number of furan rings is 1. The van der Waals surface area contributed by atoms with Gasteiger partial charge in [-0.05, 0) is 42.8 Å². The molecule has 23 heavy (non-hydrogen) atoms. The van der Waals surface area contributed by atoms with Crippen LogP contribution < -0.4 is 5.32 Å². The second-order valence-corrected chi connectivity index (χ2v) is 5.42. The minimum Gasteiger partial charge on any atom is -0.450 e. The summed E-state index contributed by atoms with van der Waals surface area (Å²) in [6.45, 7) is 2.88. The zero-order chi connectivity index (χ0) is 16.2. The highest BCUT2D eigenvalue weighted by Crippen LogP contribution is 2.32. The fourth-order valence-electron chi connectivity index (χ4n) is 2.50. The molecule has 0 atom stereocenters. The van der Waals surface area contributed by atoms with E-state index in [0.717, 1.165) is 24.8 Å². The molecule has 118 valence electrons. The number of hydrogen-bond acceptors (Lipinski definition) is 3. The van der Waals surface area contributed by atoms with Gasteiger partial charge in [0.15, 0.2) is 5.76 Å². The third kappa shape index (κ3) is 3.11. The quantitative estimate of drug-likeness (QED) is 0.513. The topological polar surface area (TPSA) is 42.2 Å². The van der Waals surface area contributed by atoms with Crippen LogP contribution in [0.1, 0.15) is 35.9 Å². The number of rotatable bonds is 6. The first-order valence-electron chi connectivity index (χ1n) is 7.76. The van der Waals surface area contributed by atoms with Crippen molar-refractivity contribution in [1.29, 1.82) is 0 Å². The molecule has 1 aromatic heterocycles. The molecule has 1 N–H and O–H groups in total. The average Bonchev–Trinajstić information content (AvgIpc) is 2.94. The summed E-state index contributed by atoms with van der Waals surface area (Å²) >= 11 is 0. The van der Waals surface area contributed by atoms with Crippen LogP contribution in [0.5, 0.6) is 0 Å². The van der Waals surface area contributed by atoms with Gasteiger partial charge >= 0.3 is 0 Å². The lowest BCUT2D eigenvalue weighted by Crippen LogP contribution is -2.07. The number of para-hydroxylation sites is 1. The van der Waals surface area contributed by atoms with Gasteiger partial charge in [-0.3, -0.25) is 4.79 Å². The van der Waals surface area contributed by atoms with Gasteiger partial charge in [-0.25, -0.2) is 4.39 Å². The molecule has 1 heterocycles. The molecular weight excluding hydrogens is 293 g/mol. The van der Waals surface area contributed by atoms with Crippen LogP contribution in [0.4, 0.5) is 10.1 Å². The summed E-state index contributed by atoms with van der Waals surface area (Å²) in [6, 6.07) is 13.0. The van der Waals surface area contributed by atoms with Crippen molar-refractivity contribution in [1.82, 2.24) is 0 Å². The van der Waals surface area contributed by atoms with Gasteiger partial charge < -0.3 is 9.73 Å². The Morgan fingerprint density at radius 3 is 2.61 bits per heavy atom. The van der Waals surface area contributed by atoms with E-state index in [-0.39, 0.29) is 17.4 Å². The fraction of sp³-hybridized carbons (Fsp3) is 0.211. The van der Waals surface area contributed by atoms with Gasteiger partial charge in [0.1, 0.15) is 11.4 Å². The van der Waals surface area contributed by atoms with Crippen LogP contribution in [0, 0.1) is 5.82 Å². The van der Waals surface area contributed by atoms with E-state index >= 15 is 0 Å². The Labute approximate surface area is 134 Å².